The molecule has 12 nitrogen and oxygen atoms in total. The standard InChI is InChI=1S/C27H40N4O8/c1-22(2)24(32)38-13-7-11-34-20-36-15-9-26(5,17-28)30-19-31-27(6,18-29)10-16-37-21-35-12-8-14-39-25(33)23(3)4/h1,3,7-16,20-21H2,2,4-6H3. The Morgan fingerprint density at radius 2 is 1.05 bits per heavy atom. The molecule has 0 aliphatic carbocycles. The number of nitriles is 2. The lowest BCUT2D eigenvalue weighted by atomic mass is 10.0. The summed E-state index contributed by atoms with van der Waals surface area (Å²) in [4.78, 5) is 30.7. The van der Waals surface area contributed by atoms with Crippen LogP contribution >= 0.6 is 0 Å². The number of aliphatic imine (C=N–C) groups is 2. The Kier molecular flexibility index (Phi) is 18.8. The van der Waals surface area contributed by atoms with Gasteiger partial charge in [-0.15, -0.1) is 0 Å². The third-order valence-corrected chi connectivity index (χ3v) is 4.90. The van der Waals surface area contributed by atoms with Crippen LogP contribution in [-0.2, 0) is 38.0 Å². The highest BCUT2D eigenvalue weighted by molar-refractivity contribution is 5.87. The van der Waals surface area contributed by atoms with Gasteiger partial charge in [-0.2, -0.15) is 10.5 Å². The third kappa shape index (κ3) is 18.5. The number of rotatable bonds is 22. The molecule has 0 heterocycles. The maximum atomic E-state index is 11.2. The summed E-state index contributed by atoms with van der Waals surface area (Å²) in [6, 6.07) is 6.67. The van der Waals surface area contributed by atoms with Gasteiger partial charge in [-0.3, -0.25) is 0 Å². The molecule has 0 saturated heterocycles. The van der Waals surface area contributed by atoms with Gasteiger partial charge in [0.2, 0.25) is 0 Å². The van der Waals surface area contributed by atoms with Crippen LogP contribution in [0, 0.1) is 22.7 Å². The normalized spacial score (nSPS) is 13.4. The van der Waals surface area contributed by atoms with Crippen molar-refractivity contribution < 1.29 is 38.0 Å². The van der Waals surface area contributed by atoms with E-state index in [0.29, 0.717) is 37.2 Å². The molecule has 0 spiro atoms. The van der Waals surface area contributed by atoms with Crippen molar-refractivity contribution in [3.8, 4) is 12.1 Å². The van der Waals surface area contributed by atoms with Crippen molar-refractivity contribution in [3.63, 3.8) is 0 Å². The second-order valence-corrected chi connectivity index (χ2v) is 9.00. The van der Waals surface area contributed by atoms with Crippen molar-refractivity contribution in [2.45, 2.75) is 64.5 Å². The molecule has 12 heteroatoms. The van der Waals surface area contributed by atoms with Crippen LogP contribution in [0.25, 0.3) is 0 Å². The maximum absolute atomic E-state index is 11.2. The number of carbonyl (C=O) groups is 2. The highest BCUT2D eigenvalue weighted by atomic mass is 16.7. The minimum atomic E-state index is -1.14. The first-order chi connectivity index (χ1) is 18.5. The monoisotopic (exact) mass is 548 g/mol. The van der Waals surface area contributed by atoms with E-state index < -0.39 is 23.0 Å². The van der Waals surface area contributed by atoms with Crippen LogP contribution in [0.15, 0.2) is 34.3 Å². The Balaban J connectivity index is 4.22. The van der Waals surface area contributed by atoms with Crippen molar-refractivity contribution in [2.75, 3.05) is 53.2 Å². The van der Waals surface area contributed by atoms with Crippen LogP contribution < -0.4 is 0 Å². The summed E-state index contributed by atoms with van der Waals surface area (Å²) >= 11 is 0. The molecule has 2 unspecified atom stereocenters. The lowest BCUT2D eigenvalue weighted by molar-refractivity contribution is -0.140. The summed E-state index contributed by atoms with van der Waals surface area (Å²) in [6.45, 7) is 15.0. The molecule has 0 saturated carbocycles. The number of esters is 2. The van der Waals surface area contributed by atoms with Gasteiger partial charge < -0.3 is 28.4 Å². The van der Waals surface area contributed by atoms with Crippen molar-refractivity contribution in [1.82, 2.24) is 0 Å². The first-order valence-electron chi connectivity index (χ1n) is 12.5. The van der Waals surface area contributed by atoms with Crippen LogP contribution in [0.5, 0.6) is 0 Å². The van der Waals surface area contributed by atoms with Crippen LogP contribution in [0.2, 0.25) is 0 Å². The summed E-state index contributed by atoms with van der Waals surface area (Å²) in [5.41, 5.74) is -1.59. The third-order valence-electron chi connectivity index (χ3n) is 4.90. The fourth-order valence-corrected chi connectivity index (χ4v) is 2.31. The molecule has 0 aromatic carbocycles. The summed E-state index contributed by atoms with van der Waals surface area (Å²) < 4.78 is 31.2. The zero-order chi connectivity index (χ0) is 29.6. The van der Waals surface area contributed by atoms with Gasteiger partial charge >= 0.3 is 11.9 Å². The van der Waals surface area contributed by atoms with Gasteiger partial charge in [0.15, 0.2) is 11.1 Å². The number of carbonyl (C=O) groups excluding carboxylic acids is 2. The zero-order valence-electron chi connectivity index (χ0n) is 23.5. The van der Waals surface area contributed by atoms with E-state index in [0.717, 1.165) is 0 Å². The smallest absolute Gasteiger partial charge is 0.333 e. The number of nitrogens with zero attached hydrogens (tertiary/aromatic N) is 4. The largest absolute Gasteiger partial charge is 0.462 e. The highest BCUT2D eigenvalue weighted by Gasteiger charge is 2.24. The number of ether oxygens (including phenoxy) is 6. The molecule has 0 aromatic heterocycles. The lowest BCUT2D eigenvalue weighted by Crippen LogP contribution is -2.24. The van der Waals surface area contributed by atoms with E-state index in [1.807, 2.05) is 0 Å². The quantitative estimate of drug-likeness (QED) is 0.0643. The van der Waals surface area contributed by atoms with E-state index in [9.17, 15) is 20.1 Å². The first-order valence-corrected chi connectivity index (χ1v) is 12.5. The van der Waals surface area contributed by atoms with E-state index in [1.165, 1.54) is 0 Å². The molecule has 216 valence electrons. The molecular formula is C27H40N4O8. The Hall–Kier alpha value is -3.38. The summed E-state index contributed by atoms with van der Waals surface area (Å²) in [6.07, 6.45) is 1.57. The summed E-state index contributed by atoms with van der Waals surface area (Å²) in [7, 11) is 0. The molecule has 0 radical (unpaired) electrons. The molecular weight excluding hydrogens is 508 g/mol. The van der Waals surface area contributed by atoms with Crippen LogP contribution in [0.1, 0.15) is 53.4 Å². The summed E-state index contributed by atoms with van der Waals surface area (Å²) in [5, 5.41) is 19.0. The second kappa shape index (κ2) is 20.6. The molecule has 39 heavy (non-hydrogen) atoms. The fraction of sp³-hybridized carbons (Fsp3) is 0.667. The van der Waals surface area contributed by atoms with Gasteiger partial charge in [-0.05, 0) is 27.7 Å². The molecule has 0 aromatic rings. The van der Waals surface area contributed by atoms with Crippen LogP contribution in [0.4, 0.5) is 0 Å². The average Bonchev–Trinajstić information content (AvgIpc) is 2.90. The second-order valence-electron chi connectivity index (χ2n) is 9.00. The van der Waals surface area contributed by atoms with Gasteiger partial charge in [-0.25, -0.2) is 19.6 Å². The number of hydrogen-bond donors (Lipinski definition) is 0. The predicted molar refractivity (Wildman–Crippen MR) is 141 cm³/mol. The van der Waals surface area contributed by atoms with Gasteiger partial charge in [0, 0.05) is 36.8 Å². The fourth-order valence-electron chi connectivity index (χ4n) is 2.31. The van der Waals surface area contributed by atoms with E-state index >= 15 is 0 Å². The Morgan fingerprint density at radius 3 is 1.38 bits per heavy atom. The molecule has 0 aliphatic heterocycles. The molecule has 0 amide bonds. The van der Waals surface area contributed by atoms with Gasteiger partial charge in [-0.1, -0.05) is 13.2 Å². The van der Waals surface area contributed by atoms with E-state index in [1.54, 1.807) is 27.7 Å². The molecule has 0 fully saturated rings. The minimum Gasteiger partial charge on any atom is -0.462 e. The lowest BCUT2D eigenvalue weighted by Gasteiger charge is -2.16. The topological polar surface area (TPSA) is 162 Å². The highest BCUT2D eigenvalue weighted by Crippen LogP contribution is 2.16. The Bertz CT molecular complexity index is 876. The predicted octanol–water partition coefficient (Wildman–Crippen LogP) is 3.51. The van der Waals surface area contributed by atoms with Gasteiger partial charge in [0.25, 0.3) is 0 Å². The van der Waals surface area contributed by atoms with E-state index in [-0.39, 0.29) is 52.9 Å². The average molecular weight is 549 g/mol. The number of hydrogen-bond acceptors (Lipinski definition) is 12. The van der Waals surface area contributed by atoms with E-state index in [2.05, 4.69) is 41.3 Å². The Morgan fingerprint density at radius 1 is 0.692 bits per heavy atom. The summed E-state index contributed by atoms with van der Waals surface area (Å²) in [5.74, 6) is -0.874. The van der Waals surface area contributed by atoms with Crippen molar-refractivity contribution in [3.05, 3.63) is 24.3 Å². The molecule has 0 bridgehead atoms. The first kappa shape index (κ1) is 35.6. The Labute approximate surface area is 230 Å². The van der Waals surface area contributed by atoms with E-state index in [4.69, 9.17) is 28.4 Å². The maximum Gasteiger partial charge on any atom is 0.333 e. The molecule has 0 rings (SSSR count). The molecule has 0 aliphatic rings. The van der Waals surface area contributed by atoms with Crippen LogP contribution in [-0.4, -0.2) is 82.3 Å². The van der Waals surface area contributed by atoms with Crippen molar-refractivity contribution in [2.24, 2.45) is 9.98 Å². The minimum absolute atomic E-state index is 0.0203. The van der Waals surface area contributed by atoms with Gasteiger partial charge in [0.1, 0.15) is 13.6 Å². The van der Waals surface area contributed by atoms with Gasteiger partial charge in [0.05, 0.1) is 57.8 Å². The van der Waals surface area contributed by atoms with Crippen LogP contribution in [0.3, 0.4) is 0 Å². The van der Waals surface area contributed by atoms with Crippen molar-refractivity contribution >= 4 is 17.9 Å². The molecule has 0 N–H and O–H groups in total. The SMILES string of the molecule is C=C(C)C(=O)OCCCOCOCCC(C)(C#N)N=C=NC(C)(C#N)CCOCOCCCOC(=O)C(=C)C. The molecule has 2 atom stereocenters. The van der Waals surface area contributed by atoms with Crippen molar-refractivity contribution in [1.29, 1.82) is 10.5 Å². The zero-order valence-corrected chi connectivity index (χ0v) is 23.5.